The zero-order chi connectivity index (χ0) is 22.0. The number of nitrogens with zero attached hydrogens (tertiary/aromatic N) is 1. The summed E-state index contributed by atoms with van der Waals surface area (Å²) < 4.78 is 33.7. The van der Waals surface area contributed by atoms with Gasteiger partial charge in [-0.3, -0.25) is 9.52 Å². The molecule has 1 N–H and O–H groups in total. The maximum Gasteiger partial charge on any atom is 0.262 e. The van der Waals surface area contributed by atoms with Gasteiger partial charge in [0.25, 0.3) is 15.9 Å². The third-order valence-corrected chi connectivity index (χ3v) is 6.75. The quantitative estimate of drug-likeness (QED) is 0.601. The molecule has 160 valence electrons. The Kier molecular flexibility index (Phi) is 5.89. The average Bonchev–Trinajstić information content (AvgIpc) is 2.78. The summed E-state index contributed by atoms with van der Waals surface area (Å²) in [5, 5.41) is 0.493. The standard InChI is InChI=1S/C23H21ClN2O4S/c1-30-22-10-3-2-9-20(22)25-31(28,29)19-11-12-21-16(15-19)7-5-13-26(21)23(27)17-6-4-8-18(24)14-17/h2-4,6,8-12,14-15,25H,5,7,13H2,1H3. The lowest BCUT2D eigenvalue weighted by atomic mass is 10.0. The third kappa shape index (κ3) is 4.38. The minimum Gasteiger partial charge on any atom is -0.495 e. The van der Waals surface area contributed by atoms with E-state index in [1.54, 1.807) is 65.6 Å². The number of sulfonamides is 1. The molecular weight excluding hydrogens is 436 g/mol. The first kappa shape index (κ1) is 21.2. The van der Waals surface area contributed by atoms with Gasteiger partial charge in [-0.05, 0) is 66.9 Å². The molecule has 0 saturated carbocycles. The van der Waals surface area contributed by atoms with E-state index in [1.807, 2.05) is 0 Å². The van der Waals surface area contributed by atoms with E-state index >= 15 is 0 Å². The lowest BCUT2D eigenvalue weighted by molar-refractivity contribution is 0.0985. The summed E-state index contributed by atoms with van der Waals surface area (Å²) in [5.74, 6) is 0.272. The number of hydrogen-bond donors (Lipinski definition) is 1. The van der Waals surface area contributed by atoms with Crippen molar-refractivity contribution in [1.29, 1.82) is 0 Å². The normalized spacial score (nSPS) is 13.4. The summed E-state index contributed by atoms with van der Waals surface area (Å²) >= 11 is 6.03. The maximum atomic E-state index is 13.0. The van der Waals surface area contributed by atoms with Crippen LogP contribution in [0.25, 0.3) is 0 Å². The van der Waals surface area contributed by atoms with Gasteiger partial charge < -0.3 is 9.64 Å². The van der Waals surface area contributed by atoms with E-state index in [1.165, 1.54) is 13.2 Å². The summed E-state index contributed by atoms with van der Waals surface area (Å²) in [6, 6.07) is 18.5. The number of anilines is 2. The number of fused-ring (bicyclic) bond motifs is 1. The number of carbonyl (C=O) groups is 1. The molecule has 0 fully saturated rings. The maximum absolute atomic E-state index is 13.0. The molecule has 0 saturated heterocycles. The number of nitrogens with one attached hydrogen (secondary N) is 1. The van der Waals surface area contributed by atoms with Crippen LogP contribution in [0.2, 0.25) is 5.02 Å². The molecule has 0 unspecified atom stereocenters. The van der Waals surface area contributed by atoms with Gasteiger partial charge in [-0.25, -0.2) is 8.42 Å². The van der Waals surface area contributed by atoms with Crippen LogP contribution in [0.3, 0.4) is 0 Å². The van der Waals surface area contributed by atoms with Crippen molar-refractivity contribution in [1.82, 2.24) is 0 Å². The van der Waals surface area contributed by atoms with Crippen LogP contribution >= 0.6 is 11.6 Å². The zero-order valence-corrected chi connectivity index (χ0v) is 18.4. The Balaban J connectivity index is 1.64. The number of amides is 1. The number of hydrogen-bond acceptors (Lipinski definition) is 4. The average molecular weight is 457 g/mol. The molecule has 0 aliphatic carbocycles. The molecule has 31 heavy (non-hydrogen) atoms. The molecule has 0 bridgehead atoms. The lowest BCUT2D eigenvalue weighted by Gasteiger charge is -2.30. The van der Waals surface area contributed by atoms with Crippen molar-refractivity contribution < 1.29 is 17.9 Å². The molecule has 3 aromatic carbocycles. The molecule has 6 nitrogen and oxygen atoms in total. The summed E-state index contributed by atoms with van der Waals surface area (Å²) in [6.45, 7) is 0.559. The van der Waals surface area contributed by atoms with E-state index < -0.39 is 10.0 Å². The Morgan fingerprint density at radius 2 is 1.87 bits per heavy atom. The fourth-order valence-electron chi connectivity index (χ4n) is 3.66. The SMILES string of the molecule is COc1ccccc1NS(=O)(=O)c1ccc2c(c1)CCCN2C(=O)c1cccc(Cl)c1. The summed E-state index contributed by atoms with van der Waals surface area (Å²) in [5.41, 5.74) is 2.38. The van der Waals surface area contributed by atoms with E-state index in [4.69, 9.17) is 16.3 Å². The van der Waals surface area contributed by atoms with Crippen molar-refractivity contribution in [3.8, 4) is 5.75 Å². The van der Waals surface area contributed by atoms with E-state index in [0.717, 1.165) is 12.0 Å². The topological polar surface area (TPSA) is 75.7 Å². The van der Waals surface area contributed by atoms with Crippen LogP contribution in [0.15, 0.2) is 71.6 Å². The van der Waals surface area contributed by atoms with Crippen LogP contribution < -0.4 is 14.4 Å². The molecule has 0 atom stereocenters. The Morgan fingerprint density at radius 3 is 2.65 bits per heavy atom. The highest BCUT2D eigenvalue weighted by atomic mass is 35.5. The molecule has 1 amide bonds. The molecule has 4 rings (SSSR count). The largest absolute Gasteiger partial charge is 0.495 e. The molecule has 1 heterocycles. The third-order valence-electron chi connectivity index (χ3n) is 5.15. The first-order valence-corrected chi connectivity index (χ1v) is 11.6. The van der Waals surface area contributed by atoms with Crippen LogP contribution in [0.5, 0.6) is 5.75 Å². The first-order valence-electron chi connectivity index (χ1n) is 9.75. The van der Waals surface area contributed by atoms with Crippen LogP contribution in [0, 0.1) is 0 Å². The Bertz CT molecular complexity index is 1240. The number of carbonyl (C=O) groups excluding carboxylic acids is 1. The lowest BCUT2D eigenvalue weighted by Crippen LogP contribution is -2.35. The summed E-state index contributed by atoms with van der Waals surface area (Å²) in [7, 11) is -2.34. The van der Waals surface area contributed by atoms with Crippen molar-refractivity contribution >= 4 is 38.9 Å². The highest BCUT2D eigenvalue weighted by Crippen LogP contribution is 2.32. The smallest absolute Gasteiger partial charge is 0.262 e. The number of aryl methyl sites for hydroxylation is 1. The summed E-state index contributed by atoms with van der Waals surface area (Å²) in [4.78, 5) is 14.8. The van der Waals surface area contributed by atoms with Crippen molar-refractivity contribution in [2.24, 2.45) is 0 Å². The van der Waals surface area contributed by atoms with Gasteiger partial charge in [0.2, 0.25) is 0 Å². The van der Waals surface area contributed by atoms with Gasteiger partial charge in [-0.15, -0.1) is 0 Å². The van der Waals surface area contributed by atoms with Crippen molar-refractivity contribution in [2.45, 2.75) is 17.7 Å². The van der Waals surface area contributed by atoms with E-state index in [2.05, 4.69) is 4.72 Å². The second kappa shape index (κ2) is 8.61. The van der Waals surface area contributed by atoms with E-state index in [-0.39, 0.29) is 10.8 Å². The number of methoxy groups -OCH3 is 1. The van der Waals surface area contributed by atoms with E-state index in [9.17, 15) is 13.2 Å². The second-order valence-corrected chi connectivity index (χ2v) is 9.29. The fraction of sp³-hybridized carbons (Fsp3) is 0.174. The van der Waals surface area contributed by atoms with E-state index in [0.29, 0.717) is 40.7 Å². The van der Waals surface area contributed by atoms with Crippen molar-refractivity contribution in [2.75, 3.05) is 23.3 Å². The molecule has 8 heteroatoms. The first-order chi connectivity index (χ1) is 14.9. The van der Waals surface area contributed by atoms with Crippen molar-refractivity contribution in [3.63, 3.8) is 0 Å². The van der Waals surface area contributed by atoms with Gasteiger partial charge in [0.05, 0.1) is 17.7 Å². The van der Waals surface area contributed by atoms with Crippen LogP contribution in [0.4, 0.5) is 11.4 Å². The Hall–Kier alpha value is -3.03. The van der Waals surface area contributed by atoms with Gasteiger partial charge >= 0.3 is 0 Å². The minimum absolute atomic E-state index is 0.134. The molecule has 0 spiro atoms. The molecule has 0 radical (unpaired) electrons. The number of halogens is 1. The molecule has 3 aromatic rings. The Morgan fingerprint density at radius 1 is 1.06 bits per heavy atom. The fourth-order valence-corrected chi connectivity index (χ4v) is 4.97. The summed E-state index contributed by atoms with van der Waals surface area (Å²) in [6.07, 6.45) is 1.43. The number of benzene rings is 3. The molecule has 1 aliphatic heterocycles. The van der Waals surface area contributed by atoms with Gasteiger partial charge in [-0.2, -0.15) is 0 Å². The number of rotatable bonds is 5. The Labute approximate surface area is 186 Å². The predicted octanol–water partition coefficient (Wildman–Crippen LogP) is 4.74. The van der Waals surface area contributed by atoms with Crippen LogP contribution in [-0.2, 0) is 16.4 Å². The van der Waals surface area contributed by atoms with Gasteiger partial charge in [0.1, 0.15) is 5.75 Å². The highest BCUT2D eigenvalue weighted by Gasteiger charge is 2.26. The molecular formula is C23H21ClN2O4S. The van der Waals surface area contributed by atoms with Crippen LogP contribution in [0.1, 0.15) is 22.3 Å². The van der Waals surface area contributed by atoms with Crippen LogP contribution in [-0.4, -0.2) is 28.0 Å². The zero-order valence-electron chi connectivity index (χ0n) is 16.8. The highest BCUT2D eigenvalue weighted by molar-refractivity contribution is 7.92. The minimum atomic E-state index is -3.83. The second-order valence-electron chi connectivity index (χ2n) is 7.17. The molecule has 0 aromatic heterocycles. The monoisotopic (exact) mass is 456 g/mol. The van der Waals surface area contributed by atoms with Crippen molar-refractivity contribution in [3.05, 3.63) is 82.9 Å². The molecule has 1 aliphatic rings. The number of para-hydroxylation sites is 2. The van der Waals surface area contributed by atoms with Gasteiger partial charge in [-0.1, -0.05) is 29.8 Å². The van der Waals surface area contributed by atoms with Gasteiger partial charge in [0, 0.05) is 22.8 Å². The predicted molar refractivity (Wildman–Crippen MR) is 122 cm³/mol. The van der Waals surface area contributed by atoms with Gasteiger partial charge in [0.15, 0.2) is 0 Å². The number of ether oxygens (including phenoxy) is 1.